The van der Waals surface area contributed by atoms with Crippen molar-refractivity contribution in [2.45, 2.75) is 65.1 Å². The van der Waals surface area contributed by atoms with Gasteiger partial charge in [0.1, 0.15) is 5.60 Å². The molecular formula is C20H35N5O3. The van der Waals surface area contributed by atoms with E-state index in [-0.39, 0.29) is 0 Å². The third-order valence-corrected chi connectivity index (χ3v) is 4.43. The van der Waals surface area contributed by atoms with E-state index >= 15 is 0 Å². The molecule has 1 rings (SSSR count). The van der Waals surface area contributed by atoms with E-state index in [1.54, 1.807) is 20.4 Å². The van der Waals surface area contributed by atoms with Crippen LogP contribution >= 0.6 is 0 Å². The first-order chi connectivity index (χ1) is 13.2. The lowest BCUT2D eigenvalue weighted by Gasteiger charge is -2.34. The molecule has 0 atom stereocenters. The number of alkyl carbamates (subject to hydrolysis) is 1. The summed E-state index contributed by atoms with van der Waals surface area (Å²) < 4.78 is 10.7. The molecule has 0 saturated heterocycles. The summed E-state index contributed by atoms with van der Waals surface area (Å²) in [6.45, 7) is 10.7. The van der Waals surface area contributed by atoms with Crippen LogP contribution in [-0.2, 0) is 11.3 Å². The lowest BCUT2D eigenvalue weighted by Crippen LogP contribution is -2.57. The van der Waals surface area contributed by atoms with Crippen molar-refractivity contribution in [2.75, 3.05) is 20.7 Å². The number of rotatable bonds is 8. The molecule has 8 nitrogen and oxygen atoms in total. The van der Waals surface area contributed by atoms with Crippen LogP contribution < -0.4 is 20.7 Å². The highest BCUT2D eigenvalue weighted by molar-refractivity contribution is 5.80. The van der Waals surface area contributed by atoms with Gasteiger partial charge in [0.15, 0.2) is 5.96 Å². The Bertz CT molecular complexity index is 651. The van der Waals surface area contributed by atoms with Gasteiger partial charge in [-0.3, -0.25) is 4.99 Å². The topological polar surface area (TPSA) is 96.9 Å². The van der Waals surface area contributed by atoms with E-state index in [0.29, 0.717) is 24.9 Å². The molecule has 0 unspecified atom stereocenters. The van der Waals surface area contributed by atoms with Crippen molar-refractivity contribution in [1.29, 1.82) is 0 Å². The zero-order valence-electron chi connectivity index (χ0n) is 18.2. The van der Waals surface area contributed by atoms with Crippen molar-refractivity contribution in [1.82, 2.24) is 20.9 Å². The van der Waals surface area contributed by atoms with Gasteiger partial charge in [-0.2, -0.15) is 0 Å². The summed E-state index contributed by atoms with van der Waals surface area (Å²) >= 11 is 0. The van der Waals surface area contributed by atoms with E-state index in [9.17, 15) is 4.79 Å². The third kappa shape index (κ3) is 7.62. The van der Waals surface area contributed by atoms with Crippen molar-refractivity contribution in [2.24, 2.45) is 4.99 Å². The number of aromatic nitrogens is 1. The number of aliphatic imine (C=N–C) groups is 1. The molecule has 0 aliphatic heterocycles. The predicted molar refractivity (Wildman–Crippen MR) is 112 cm³/mol. The Hall–Kier alpha value is -2.51. The molecule has 0 saturated carbocycles. The SMILES string of the molecule is CCC(CC)(CNC(=NC)NCc1cccnc1OC)NC(=O)OC(C)(C)C. The maximum Gasteiger partial charge on any atom is 0.408 e. The first-order valence-electron chi connectivity index (χ1n) is 9.62. The number of hydrogen-bond donors (Lipinski definition) is 3. The average molecular weight is 394 g/mol. The van der Waals surface area contributed by atoms with Gasteiger partial charge in [0.25, 0.3) is 0 Å². The second-order valence-corrected chi connectivity index (χ2v) is 7.57. The van der Waals surface area contributed by atoms with Gasteiger partial charge in [0.2, 0.25) is 5.88 Å². The largest absolute Gasteiger partial charge is 0.481 e. The Morgan fingerprint density at radius 1 is 1.21 bits per heavy atom. The lowest BCUT2D eigenvalue weighted by atomic mass is 9.93. The molecule has 0 bridgehead atoms. The molecular weight excluding hydrogens is 358 g/mol. The molecule has 3 N–H and O–H groups in total. The van der Waals surface area contributed by atoms with E-state index in [2.05, 4.69) is 25.9 Å². The highest BCUT2D eigenvalue weighted by Gasteiger charge is 2.30. The van der Waals surface area contributed by atoms with Gasteiger partial charge in [-0.05, 0) is 39.7 Å². The van der Waals surface area contributed by atoms with E-state index in [1.807, 2.05) is 46.8 Å². The summed E-state index contributed by atoms with van der Waals surface area (Å²) in [4.78, 5) is 20.7. The maximum absolute atomic E-state index is 12.3. The summed E-state index contributed by atoms with van der Waals surface area (Å²) in [5, 5.41) is 9.56. The summed E-state index contributed by atoms with van der Waals surface area (Å²) in [7, 11) is 3.30. The Balaban J connectivity index is 2.70. The number of amides is 1. The highest BCUT2D eigenvalue weighted by atomic mass is 16.6. The fraction of sp³-hybridized carbons (Fsp3) is 0.650. The zero-order valence-corrected chi connectivity index (χ0v) is 18.2. The second kappa shape index (κ2) is 10.7. The Morgan fingerprint density at radius 2 is 1.89 bits per heavy atom. The minimum absolute atomic E-state index is 0.416. The maximum atomic E-state index is 12.3. The third-order valence-electron chi connectivity index (χ3n) is 4.43. The monoisotopic (exact) mass is 393 g/mol. The molecule has 0 fully saturated rings. The summed E-state index contributed by atoms with van der Waals surface area (Å²) in [6, 6.07) is 3.80. The Kier molecular flexibility index (Phi) is 9.02. The molecule has 0 aromatic carbocycles. The second-order valence-electron chi connectivity index (χ2n) is 7.57. The van der Waals surface area contributed by atoms with Crippen molar-refractivity contribution < 1.29 is 14.3 Å². The number of nitrogens with zero attached hydrogens (tertiary/aromatic N) is 2. The molecule has 0 spiro atoms. The standard InChI is InChI=1S/C20H35N5O3/c1-8-20(9-2,25-18(26)28-19(3,4)5)14-24-17(21-6)23-13-15-11-10-12-22-16(15)27-7/h10-12H,8-9,13-14H2,1-7H3,(H,25,26)(H2,21,23,24). The van der Waals surface area contributed by atoms with Gasteiger partial charge < -0.3 is 25.4 Å². The molecule has 28 heavy (non-hydrogen) atoms. The first-order valence-corrected chi connectivity index (χ1v) is 9.62. The number of guanidine groups is 1. The van der Waals surface area contributed by atoms with Crippen molar-refractivity contribution >= 4 is 12.1 Å². The smallest absolute Gasteiger partial charge is 0.408 e. The number of pyridine rings is 1. The number of hydrogen-bond acceptors (Lipinski definition) is 5. The number of nitrogens with one attached hydrogen (secondary N) is 3. The van der Waals surface area contributed by atoms with Crippen LogP contribution in [0, 0.1) is 0 Å². The normalized spacial score (nSPS) is 12.3. The summed E-state index contributed by atoms with van der Waals surface area (Å²) in [6.07, 6.45) is 2.78. The molecule has 158 valence electrons. The van der Waals surface area contributed by atoms with Crippen LogP contribution in [0.5, 0.6) is 5.88 Å². The van der Waals surface area contributed by atoms with Crippen molar-refractivity contribution in [3.63, 3.8) is 0 Å². The molecule has 1 heterocycles. The molecule has 1 aromatic rings. The van der Waals surface area contributed by atoms with E-state index < -0.39 is 17.2 Å². The molecule has 0 aliphatic carbocycles. The minimum Gasteiger partial charge on any atom is -0.481 e. The van der Waals surface area contributed by atoms with Crippen molar-refractivity contribution in [3.8, 4) is 5.88 Å². The van der Waals surface area contributed by atoms with E-state index in [4.69, 9.17) is 9.47 Å². The predicted octanol–water partition coefficient (Wildman–Crippen LogP) is 2.84. The van der Waals surface area contributed by atoms with Crippen LogP contribution in [0.2, 0.25) is 0 Å². The lowest BCUT2D eigenvalue weighted by molar-refractivity contribution is 0.0448. The van der Waals surface area contributed by atoms with Gasteiger partial charge in [-0.1, -0.05) is 19.9 Å². The van der Waals surface area contributed by atoms with Crippen molar-refractivity contribution in [3.05, 3.63) is 23.9 Å². The Labute approximate surface area is 168 Å². The van der Waals surface area contributed by atoms with Crippen LogP contribution in [0.3, 0.4) is 0 Å². The quantitative estimate of drug-likeness (QED) is 0.464. The number of methoxy groups -OCH3 is 1. The van der Waals surface area contributed by atoms with Gasteiger partial charge in [0.05, 0.1) is 12.6 Å². The number of carbonyl (C=O) groups excluding carboxylic acids is 1. The zero-order chi connectivity index (χ0) is 21.2. The summed E-state index contributed by atoms with van der Waals surface area (Å²) in [5.41, 5.74) is -0.0473. The van der Waals surface area contributed by atoms with Gasteiger partial charge in [-0.15, -0.1) is 0 Å². The first kappa shape index (κ1) is 23.5. The molecule has 8 heteroatoms. The van der Waals surface area contributed by atoms with Crippen LogP contribution in [0.4, 0.5) is 4.79 Å². The summed E-state index contributed by atoms with van der Waals surface area (Å²) in [5.74, 6) is 1.21. The van der Waals surface area contributed by atoms with Crippen LogP contribution in [0.25, 0.3) is 0 Å². The Morgan fingerprint density at radius 3 is 2.43 bits per heavy atom. The molecule has 1 amide bonds. The molecule has 0 radical (unpaired) electrons. The molecule has 1 aromatic heterocycles. The fourth-order valence-corrected chi connectivity index (χ4v) is 2.64. The van der Waals surface area contributed by atoms with Crippen LogP contribution in [0.1, 0.15) is 53.0 Å². The van der Waals surface area contributed by atoms with E-state index in [1.165, 1.54) is 0 Å². The van der Waals surface area contributed by atoms with Crippen LogP contribution in [0.15, 0.2) is 23.3 Å². The molecule has 0 aliphatic rings. The van der Waals surface area contributed by atoms with Gasteiger partial charge >= 0.3 is 6.09 Å². The number of ether oxygens (including phenoxy) is 2. The highest BCUT2D eigenvalue weighted by Crippen LogP contribution is 2.16. The average Bonchev–Trinajstić information content (AvgIpc) is 2.65. The van der Waals surface area contributed by atoms with E-state index in [0.717, 1.165) is 18.4 Å². The van der Waals surface area contributed by atoms with Crippen LogP contribution in [-0.4, -0.2) is 48.9 Å². The fourth-order valence-electron chi connectivity index (χ4n) is 2.64. The number of carbonyl (C=O) groups is 1. The van der Waals surface area contributed by atoms with Gasteiger partial charge in [0, 0.05) is 31.9 Å². The minimum atomic E-state index is -0.537. The van der Waals surface area contributed by atoms with Gasteiger partial charge in [-0.25, -0.2) is 9.78 Å².